The topological polar surface area (TPSA) is 59.1 Å². The zero-order valence-corrected chi connectivity index (χ0v) is 14.4. The lowest BCUT2D eigenvalue weighted by molar-refractivity contribution is 0.197. The first-order valence-electron chi connectivity index (χ1n) is 7.03. The number of halogens is 1. The normalized spacial score (nSPS) is 17.4. The monoisotopic (exact) mass is 348 g/mol. The molecule has 1 saturated heterocycles. The number of ether oxygens (including phenoxy) is 2. The predicted molar refractivity (Wildman–Crippen MR) is 85.5 cm³/mol. The van der Waals surface area contributed by atoms with Crippen LogP contribution in [-0.2, 0) is 10.0 Å². The third-order valence-corrected chi connectivity index (χ3v) is 5.83. The van der Waals surface area contributed by atoms with Gasteiger partial charge in [-0.15, -0.1) is 11.6 Å². The van der Waals surface area contributed by atoms with Gasteiger partial charge >= 0.3 is 0 Å². The van der Waals surface area contributed by atoms with Gasteiger partial charge in [-0.3, -0.25) is 4.90 Å². The summed E-state index contributed by atoms with van der Waals surface area (Å²) in [5.74, 6) is 1.41. The molecule has 0 N–H and O–H groups in total. The van der Waals surface area contributed by atoms with Gasteiger partial charge in [-0.1, -0.05) is 0 Å². The summed E-state index contributed by atoms with van der Waals surface area (Å²) < 4.78 is 37.4. The van der Waals surface area contributed by atoms with E-state index in [2.05, 4.69) is 4.90 Å². The van der Waals surface area contributed by atoms with Gasteiger partial charge in [0, 0.05) is 44.7 Å². The zero-order chi connectivity index (χ0) is 16.2. The van der Waals surface area contributed by atoms with E-state index in [0.29, 0.717) is 43.6 Å². The number of alkyl halides is 1. The van der Waals surface area contributed by atoms with Gasteiger partial charge in [0.1, 0.15) is 16.4 Å². The van der Waals surface area contributed by atoms with E-state index in [1.54, 1.807) is 12.1 Å². The fraction of sp³-hybridized carbons (Fsp3) is 0.571. The van der Waals surface area contributed by atoms with Gasteiger partial charge < -0.3 is 9.47 Å². The molecule has 0 unspecified atom stereocenters. The highest BCUT2D eigenvalue weighted by atomic mass is 35.5. The van der Waals surface area contributed by atoms with E-state index in [0.717, 1.165) is 6.54 Å². The molecule has 0 saturated carbocycles. The van der Waals surface area contributed by atoms with Crippen molar-refractivity contribution in [1.29, 1.82) is 0 Å². The standard InChI is InChI=1S/C14H21ClN2O4S/c1-20-12-3-4-14(13(11-12)21-2)22(18,19)17-9-7-16(6-5-15)8-10-17/h3-4,11H,5-10H2,1-2H3. The Morgan fingerprint density at radius 3 is 2.36 bits per heavy atom. The highest BCUT2D eigenvalue weighted by Gasteiger charge is 2.30. The van der Waals surface area contributed by atoms with Crippen molar-refractivity contribution in [2.75, 3.05) is 52.8 Å². The number of sulfonamides is 1. The summed E-state index contributed by atoms with van der Waals surface area (Å²) in [6, 6.07) is 4.73. The first-order chi connectivity index (χ1) is 10.5. The molecular weight excluding hydrogens is 328 g/mol. The molecular formula is C14H21ClN2O4S. The largest absolute Gasteiger partial charge is 0.497 e. The van der Waals surface area contributed by atoms with Crippen molar-refractivity contribution < 1.29 is 17.9 Å². The lowest BCUT2D eigenvalue weighted by Crippen LogP contribution is -2.49. The van der Waals surface area contributed by atoms with E-state index in [9.17, 15) is 8.42 Å². The van der Waals surface area contributed by atoms with E-state index in [1.165, 1.54) is 24.6 Å². The van der Waals surface area contributed by atoms with Crippen LogP contribution in [0.2, 0.25) is 0 Å². The van der Waals surface area contributed by atoms with Crippen molar-refractivity contribution in [3.05, 3.63) is 18.2 Å². The lowest BCUT2D eigenvalue weighted by atomic mass is 10.3. The van der Waals surface area contributed by atoms with Gasteiger partial charge in [0.2, 0.25) is 10.0 Å². The minimum Gasteiger partial charge on any atom is -0.497 e. The van der Waals surface area contributed by atoms with Crippen LogP contribution in [0.5, 0.6) is 11.5 Å². The SMILES string of the molecule is COc1ccc(S(=O)(=O)N2CCN(CCCl)CC2)c(OC)c1. The molecule has 2 rings (SSSR count). The van der Waals surface area contributed by atoms with Crippen LogP contribution >= 0.6 is 11.6 Å². The molecule has 0 amide bonds. The lowest BCUT2D eigenvalue weighted by Gasteiger charge is -2.33. The second-order valence-electron chi connectivity index (χ2n) is 4.95. The number of hydrogen-bond donors (Lipinski definition) is 0. The average Bonchev–Trinajstić information content (AvgIpc) is 2.55. The second kappa shape index (κ2) is 7.50. The van der Waals surface area contributed by atoms with E-state index < -0.39 is 10.0 Å². The molecule has 1 aliphatic rings. The average molecular weight is 349 g/mol. The quantitative estimate of drug-likeness (QED) is 0.724. The molecule has 124 valence electrons. The number of rotatable bonds is 6. The molecule has 1 aromatic rings. The van der Waals surface area contributed by atoms with Crippen molar-refractivity contribution in [3.63, 3.8) is 0 Å². The summed E-state index contributed by atoms with van der Waals surface area (Å²) in [6.45, 7) is 3.05. The fourth-order valence-corrected chi connectivity index (χ4v) is 4.24. The molecule has 0 radical (unpaired) electrons. The van der Waals surface area contributed by atoms with Crippen molar-refractivity contribution in [2.24, 2.45) is 0 Å². The number of nitrogens with zero attached hydrogens (tertiary/aromatic N) is 2. The molecule has 22 heavy (non-hydrogen) atoms. The third-order valence-electron chi connectivity index (χ3n) is 3.72. The maximum absolute atomic E-state index is 12.8. The molecule has 0 bridgehead atoms. The van der Waals surface area contributed by atoms with Gasteiger partial charge in [0.05, 0.1) is 14.2 Å². The number of hydrogen-bond acceptors (Lipinski definition) is 5. The van der Waals surface area contributed by atoms with Gasteiger partial charge in [-0.05, 0) is 12.1 Å². The molecule has 0 aromatic heterocycles. The Morgan fingerprint density at radius 2 is 1.82 bits per heavy atom. The fourth-order valence-electron chi connectivity index (χ4n) is 2.44. The summed E-state index contributed by atoms with van der Waals surface area (Å²) in [4.78, 5) is 2.33. The van der Waals surface area contributed by atoms with Crippen LogP contribution in [-0.4, -0.2) is 70.4 Å². The van der Waals surface area contributed by atoms with Crippen LogP contribution < -0.4 is 9.47 Å². The van der Waals surface area contributed by atoms with Crippen molar-refractivity contribution >= 4 is 21.6 Å². The molecule has 0 atom stereocenters. The Morgan fingerprint density at radius 1 is 1.14 bits per heavy atom. The van der Waals surface area contributed by atoms with Gasteiger partial charge in [-0.2, -0.15) is 4.31 Å². The molecule has 1 heterocycles. The summed E-state index contributed by atoms with van der Waals surface area (Å²) in [7, 11) is -0.598. The maximum Gasteiger partial charge on any atom is 0.246 e. The minimum atomic E-state index is -3.58. The van der Waals surface area contributed by atoms with E-state index in [-0.39, 0.29) is 4.90 Å². The zero-order valence-electron chi connectivity index (χ0n) is 12.8. The van der Waals surface area contributed by atoms with Crippen LogP contribution in [0.25, 0.3) is 0 Å². The van der Waals surface area contributed by atoms with Crippen LogP contribution in [0.3, 0.4) is 0 Å². The second-order valence-corrected chi connectivity index (χ2v) is 7.24. The molecule has 0 spiro atoms. The Bertz CT molecular complexity index is 601. The maximum atomic E-state index is 12.8. The minimum absolute atomic E-state index is 0.168. The Hall–Kier alpha value is -1.02. The molecule has 6 nitrogen and oxygen atoms in total. The van der Waals surface area contributed by atoms with E-state index in [4.69, 9.17) is 21.1 Å². The van der Waals surface area contributed by atoms with Crippen LogP contribution in [0.4, 0.5) is 0 Å². The Balaban J connectivity index is 2.21. The van der Waals surface area contributed by atoms with Gasteiger partial charge in [0.15, 0.2) is 0 Å². The number of methoxy groups -OCH3 is 2. The predicted octanol–water partition coefficient (Wildman–Crippen LogP) is 1.25. The smallest absolute Gasteiger partial charge is 0.246 e. The van der Waals surface area contributed by atoms with Crippen LogP contribution in [0.1, 0.15) is 0 Å². The summed E-state index contributed by atoms with van der Waals surface area (Å²) in [5.41, 5.74) is 0. The van der Waals surface area contributed by atoms with E-state index >= 15 is 0 Å². The Labute approximate surface area is 136 Å². The van der Waals surface area contributed by atoms with Gasteiger partial charge in [-0.25, -0.2) is 8.42 Å². The molecule has 1 fully saturated rings. The highest BCUT2D eigenvalue weighted by Crippen LogP contribution is 2.30. The summed E-state index contributed by atoms with van der Waals surface area (Å²) in [5, 5.41) is 0. The number of piperazine rings is 1. The van der Waals surface area contributed by atoms with Crippen LogP contribution in [0, 0.1) is 0 Å². The first kappa shape index (κ1) is 17.3. The third kappa shape index (κ3) is 3.65. The van der Waals surface area contributed by atoms with E-state index in [1.807, 2.05) is 0 Å². The van der Waals surface area contributed by atoms with Crippen molar-refractivity contribution in [2.45, 2.75) is 4.90 Å². The summed E-state index contributed by atoms with van der Waals surface area (Å²) in [6.07, 6.45) is 0. The molecule has 1 aromatic carbocycles. The summed E-state index contributed by atoms with van der Waals surface area (Å²) >= 11 is 5.72. The van der Waals surface area contributed by atoms with Crippen LogP contribution in [0.15, 0.2) is 23.1 Å². The van der Waals surface area contributed by atoms with Crippen molar-refractivity contribution in [3.8, 4) is 11.5 Å². The molecule has 0 aliphatic carbocycles. The number of benzene rings is 1. The van der Waals surface area contributed by atoms with Crippen molar-refractivity contribution in [1.82, 2.24) is 9.21 Å². The van der Waals surface area contributed by atoms with Gasteiger partial charge in [0.25, 0.3) is 0 Å². The first-order valence-corrected chi connectivity index (χ1v) is 9.01. The molecule has 1 aliphatic heterocycles. The highest BCUT2D eigenvalue weighted by molar-refractivity contribution is 7.89. The molecule has 8 heteroatoms. The Kier molecular flexibility index (Phi) is 5.91.